The van der Waals surface area contributed by atoms with Crippen molar-refractivity contribution in [3.05, 3.63) is 17.5 Å². The zero-order chi connectivity index (χ0) is 12.1. The smallest absolute Gasteiger partial charge is 0.236 e. The largest absolute Gasteiger partial charge is 0.368 e. The van der Waals surface area contributed by atoms with Gasteiger partial charge in [0, 0.05) is 6.54 Å². The fourth-order valence-corrected chi connectivity index (χ4v) is 1.50. The van der Waals surface area contributed by atoms with Gasteiger partial charge in [-0.25, -0.2) is 4.98 Å². The highest BCUT2D eigenvalue weighted by Crippen LogP contribution is 2.13. The molecule has 0 atom stereocenters. The minimum atomic E-state index is -0.401. The first kappa shape index (κ1) is 12.7. The van der Waals surface area contributed by atoms with Gasteiger partial charge in [0.2, 0.25) is 5.91 Å². The summed E-state index contributed by atoms with van der Waals surface area (Å²) in [4.78, 5) is 20.8. The summed E-state index contributed by atoms with van der Waals surface area (Å²) < 4.78 is 0. The number of hydrogen-bond acceptors (Lipinski definition) is 4. The summed E-state index contributed by atoms with van der Waals surface area (Å²) in [6.45, 7) is 4.89. The summed E-state index contributed by atoms with van der Waals surface area (Å²) in [5.41, 5.74) is 5.18. The average Bonchev–Trinajstić information content (AvgIpc) is 2.15. The molecule has 0 spiro atoms. The third-order valence-corrected chi connectivity index (χ3v) is 2.03. The molecule has 1 aromatic heterocycles. The van der Waals surface area contributed by atoms with Crippen LogP contribution in [0.3, 0.4) is 0 Å². The molecule has 0 fully saturated rings. The second kappa shape index (κ2) is 5.65. The highest BCUT2D eigenvalue weighted by Gasteiger charge is 2.13. The maximum absolute atomic E-state index is 10.9. The third kappa shape index (κ3) is 4.02. The van der Waals surface area contributed by atoms with Crippen LogP contribution in [-0.2, 0) is 4.79 Å². The molecule has 0 aliphatic carbocycles. The Bertz CT molecular complexity index is 370. The van der Waals surface area contributed by atoms with Gasteiger partial charge in [0.05, 0.1) is 18.9 Å². The van der Waals surface area contributed by atoms with E-state index in [1.165, 1.54) is 6.20 Å². The lowest BCUT2D eigenvalue weighted by Gasteiger charge is -2.23. The van der Waals surface area contributed by atoms with Crippen molar-refractivity contribution < 1.29 is 4.79 Å². The number of carbonyl (C=O) groups excluding carboxylic acids is 1. The van der Waals surface area contributed by atoms with Gasteiger partial charge in [-0.3, -0.25) is 9.78 Å². The van der Waals surface area contributed by atoms with Gasteiger partial charge in [-0.2, -0.15) is 0 Å². The molecule has 0 bridgehead atoms. The van der Waals surface area contributed by atoms with Crippen LogP contribution in [0.5, 0.6) is 0 Å². The highest BCUT2D eigenvalue weighted by molar-refractivity contribution is 6.29. The molecule has 1 aromatic rings. The summed E-state index contributed by atoms with van der Waals surface area (Å²) in [7, 11) is 0. The molecule has 0 saturated carbocycles. The average molecular weight is 243 g/mol. The maximum atomic E-state index is 10.9. The van der Waals surface area contributed by atoms with E-state index in [9.17, 15) is 4.79 Å². The van der Waals surface area contributed by atoms with E-state index in [4.69, 9.17) is 17.3 Å². The quantitative estimate of drug-likeness (QED) is 0.839. The molecule has 1 amide bonds. The predicted octanol–water partition coefficient (Wildman–Crippen LogP) is 1.08. The number of anilines is 1. The third-order valence-electron chi connectivity index (χ3n) is 1.85. The molecular weight excluding hydrogens is 228 g/mol. The van der Waals surface area contributed by atoms with E-state index < -0.39 is 5.91 Å². The van der Waals surface area contributed by atoms with Crippen molar-refractivity contribution >= 4 is 23.3 Å². The van der Waals surface area contributed by atoms with E-state index in [-0.39, 0.29) is 6.54 Å². The number of hydrogen-bond donors (Lipinski definition) is 1. The molecule has 0 unspecified atom stereocenters. The number of rotatable bonds is 5. The van der Waals surface area contributed by atoms with Gasteiger partial charge in [-0.15, -0.1) is 0 Å². The summed E-state index contributed by atoms with van der Waals surface area (Å²) >= 11 is 5.75. The molecule has 0 aliphatic heterocycles. The summed E-state index contributed by atoms with van der Waals surface area (Å²) in [6.07, 6.45) is 3.01. The molecule has 2 N–H and O–H groups in total. The Hall–Kier alpha value is -1.36. The Morgan fingerprint density at radius 2 is 2.25 bits per heavy atom. The summed E-state index contributed by atoms with van der Waals surface area (Å²) in [5.74, 6) is 0.558. The fourth-order valence-electron chi connectivity index (χ4n) is 1.35. The van der Waals surface area contributed by atoms with E-state index in [2.05, 4.69) is 9.97 Å². The van der Waals surface area contributed by atoms with Crippen LogP contribution >= 0.6 is 11.6 Å². The lowest BCUT2D eigenvalue weighted by molar-refractivity contribution is -0.116. The van der Waals surface area contributed by atoms with E-state index >= 15 is 0 Å². The van der Waals surface area contributed by atoms with Crippen LogP contribution in [0.4, 0.5) is 5.82 Å². The zero-order valence-electron chi connectivity index (χ0n) is 9.35. The first-order chi connectivity index (χ1) is 7.49. The molecule has 1 rings (SSSR count). The van der Waals surface area contributed by atoms with Crippen molar-refractivity contribution in [3.8, 4) is 0 Å². The fraction of sp³-hybridized carbons (Fsp3) is 0.500. The molecule has 6 heteroatoms. The van der Waals surface area contributed by atoms with Crippen molar-refractivity contribution in [2.24, 2.45) is 11.7 Å². The van der Waals surface area contributed by atoms with Crippen LogP contribution < -0.4 is 10.6 Å². The monoisotopic (exact) mass is 242 g/mol. The number of aromatic nitrogens is 2. The molecule has 0 radical (unpaired) electrons. The molecule has 88 valence electrons. The van der Waals surface area contributed by atoms with Crippen LogP contribution in [0, 0.1) is 5.92 Å². The molecular formula is C10H15ClN4O. The van der Waals surface area contributed by atoms with Gasteiger partial charge in [0.25, 0.3) is 0 Å². The van der Waals surface area contributed by atoms with Gasteiger partial charge in [-0.1, -0.05) is 25.4 Å². The Labute approximate surface area is 99.6 Å². The number of amides is 1. The summed E-state index contributed by atoms with van der Waals surface area (Å²) in [6, 6.07) is 0. The normalized spacial score (nSPS) is 10.5. The minimum Gasteiger partial charge on any atom is -0.368 e. The highest BCUT2D eigenvalue weighted by atomic mass is 35.5. The van der Waals surface area contributed by atoms with Gasteiger partial charge in [0.1, 0.15) is 11.0 Å². The molecule has 0 aromatic carbocycles. The van der Waals surface area contributed by atoms with E-state index in [0.29, 0.717) is 23.4 Å². The number of nitrogens with zero attached hydrogens (tertiary/aromatic N) is 3. The van der Waals surface area contributed by atoms with E-state index in [1.807, 2.05) is 13.8 Å². The SMILES string of the molecule is CC(C)CN(CC(N)=O)c1cncc(Cl)n1. The van der Waals surface area contributed by atoms with Gasteiger partial charge < -0.3 is 10.6 Å². The Balaban J connectivity index is 2.86. The Morgan fingerprint density at radius 1 is 1.56 bits per heavy atom. The van der Waals surface area contributed by atoms with Crippen LogP contribution in [-0.4, -0.2) is 29.0 Å². The van der Waals surface area contributed by atoms with Crippen LogP contribution in [0.1, 0.15) is 13.8 Å². The molecule has 16 heavy (non-hydrogen) atoms. The van der Waals surface area contributed by atoms with Crippen LogP contribution in [0.2, 0.25) is 5.15 Å². The number of carbonyl (C=O) groups is 1. The number of halogens is 1. The Morgan fingerprint density at radius 3 is 2.75 bits per heavy atom. The van der Waals surface area contributed by atoms with Crippen molar-refractivity contribution in [2.45, 2.75) is 13.8 Å². The molecule has 0 saturated heterocycles. The number of nitrogens with two attached hydrogens (primary N) is 1. The van der Waals surface area contributed by atoms with Crippen LogP contribution in [0.25, 0.3) is 0 Å². The molecule has 1 heterocycles. The Kier molecular flexibility index (Phi) is 4.49. The number of primary amides is 1. The van der Waals surface area contributed by atoms with Crippen molar-refractivity contribution in [1.82, 2.24) is 9.97 Å². The molecule has 0 aliphatic rings. The van der Waals surface area contributed by atoms with E-state index in [0.717, 1.165) is 0 Å². The molecule has 5 nitrogen and oxygen atoms in total. The van der Waals surface area contributed by atoms with Gasteiger partial charge >= 0.3 is 0 Å². The topological polar surface area (TPSA) is 72.1 Å². The maximum Gasteiger partial charge on any atom is 0.236 e. The van der Waals surface area contributed by atoms with Gasteiger partial charge in [0.15, 0.2) is 0 Å². The van der Waals surface area contributed by atoms with Crippen LogP contribution in [0.15, 0.2) is 12.4 Å². The minimum absolute atomic E-state index is 0.118. The zero-order valence-corrected chi connectivity index (χ0v) is 10.1. The van der Waals surface area contributed by atoms with E-state index in [1.54, 1.807) is 11.1 Å². The van der Waals surface area contributed by atoms with Crippen molar-refractivity contribution in [1.29, 1.82) is 0 Å². The second-order valence-electron chi connectivity index (χ2n) is 3.94. The lowest BCUT2D eigenvalue weighted by atomic mass is 10.2. The standard InChI is InChI=1S/C10H15ClN4O/c1-7(2)5-15(6-9(12)16)10-4-13-3-8(11)14-10/h3-4,7H,5-6H2,1-2H3,(H2,12,16). The first-order valence-corrected chi connectivity index (χ1v) is 5.37. The second-order valence-corrected chi connectivity index (χ2v) is 4.33. The first-order valence-electron chi connectivity index (χ1n) is 5.00. The van der Waals surface area contributed by atoms with Gasteiger partial charge in [-0.05, 0) is 5.92 Å². The lowest BCUT2D eigenvalue weighted by Crippen LogP contribution is -2.36. The summed E-state index contributed by atoms with van der Waals surface area (Å²) in [5, 5.41) is 0.302. The van der Waals surface area contributed by atoms with Crippen molar-refractivity contribution in [3.63, 3.8) is 0 Å². The van der Waals surface area contributed by atoms with Crippen molar-refractivity contribution in [2.75, 3.05) is 18.0 Å². The predicted molar refractivity (Wildman–Crippen MR) is 63.3 cm³/mol.